The summed E-state index contributed by atoms with van der Waals surface area (Å²) in [4.78, 5) is 13.7. The molecule has 17 heteroatoms. The Hall–Kier alpha value is -0.379. The lowest BCUT2D eigenvalue weighted by Gasteiger charge is -2.43. The van der Waals surface area contributed by atoms with Crippen molar-refractivity contribution in [3.8, 4) is 0 Å². The summed E-state index contributed by atoms with van der Waals surface area (Å²) in [5.74, 6) is -2.13. The monoisotopic (exact) mass is 752 g/mol. The molecule has 2 aliphatic heterocycles. The number of rotatable bonds is 11. The molecule has 0 unspecified atom stereocenters. The van der Waals surface area contributed by atoms with E-state index in [-0.39, 0.29) is 15.1 Å². The number of halogens is 3. The summed E-state index contributed by atoms with van der Waals surface area (Å²) in [6, 6.07) is 0. The van der Waals surface area contributed by atoms with Crippen molar-refractivity contribution in [1.29, 1.82) is 0 Å². The molecule has 2 heterocycles. The molecule has 0 saturated carbocycles. The smallest absolute Gasteiger partial charge is 0.455 e. The fourth-order valence-corrected chi connectivity index (χ4v) is 8.47. The van der Waals surface area contributed by atoms with Crippen molar-refractivity contribution in [2.24, 2.45) is 0 Å². The maximum atomic E-state index is 13.7. The highest BCUT2D eigenvalue weighted by molar-refractivity contribution is 7.87. The lowest BCUT2D eigenvalue weighted by molar-refractivity contribution is -0.168. The van der Waals surface area contributed by atoms with E-state index < -0.39 is 95.6 Å². The van der Waals surface area contributed by atoms with Gasteiger partial charge in [0, 0.05) is 0 Å². The summed E-state index contributed by atoms with van der Waals surface area (Å²) in [5.41, 5.74) is -5.71. The van der Waals surface area contributed by atoms with Gasteiger partial charge in [0.25, 0.3) is 0 Å². The molecule has 2 aliphatic rings. The van der Waals surface area contributed by atoms with Gasteiger partial charge in [0.15, 0.2) is 42.9 Å². The van der Waals surface area contributed by atoms with E-state index in [1.807, 2.05) is 102 Å². The van der Waals surface area contributed by atoms with Crippen LogP contribution in [-0.2, 0) is 46.6 Å². The SMILES string of the molecule is CC1(C)O[C@@H]([C@H]2OC(=O)[C@@H](O[Si](C)(C)C(C)(C)C)[C@@H]2O[Si](C)(C)C(C)(C)C)[C@@H]([C@@H](CO[Si](C)(C)C(C)(C)C)OS(=O)(=O)C(F)(F)F)O1. The lowest BCUT2D eigenvalue weighted by Crippen LogP contribution is -2.57. The minimum absolute atomic E-state index is 0.281. The van der Waals surface area contributed by atoms with Crippen molar-refractivity contribution in [1.82, 2.24) is 0 Å². The average Bonchev–Trinajstić information content (AvgIpc) is 3.28. The molecule has 0 spiro atoms. The normalized spacial score (nSPS) is 27.7. The Morgan fingerprint density at radius 3 is 1.64 bits per heavy atom. The number of ether oxygens (including phenoxy) is 3. The Morgan fingerprint density at radius 1 is 0.766 bits per heavy atom. The molecule has 47 heavy (non-hydrogen) atoms. The highest BCUT2D eigenvalue weighted by Crippen LogP contribution is 2.46. The number of hydrogen-bond acceptors (Lipinski definition) is 10. The van der Waals surface area contributed by atoms with Gasteiger partial charge in [-0.05, 0) is 68.2 Å². The van der Waals surface area contributed by atoms with Crippen LogP contribution in [-0.4, -0.2) is 93.9 Å². The molecule has 2 rings (SSSR count). The molecule has 0 aromatic rings. The van der Waals surface area contributed by atoms with Crippen LogP contribution in [0.25, 0.3) is 0 Å². The number of carbonyl (C=O) groups excluding carboxylic acids is 1. The molecule has 0 N–H and O–H groups in total. The van der Waals surface area contributed by atoms with E-state index in [2.05, 4.69) is 0 Å². The van der Waals surface area contributed by atoms with Crippen molar-refractivity contribution in [2.75, 3.05) is 6.61 Å². The minimum atomic E-state index is -6.10. The Kier molecular flexibility index (Phi) is 12.1. The summed E-state index contributed by atoms with van der Waals surface area (Å²) in [5, 5.41) is -0.945. The van der Waals surface area contributed by atoms with E-state index in [0.29, 0.717) is 0 Å². The summed E-state index contributed by atoms with van der Waals surface area (Å²) < 4.78 is 109. The zero-order valence-electron chi connectivity index (χ0n) is 31.3. The van der Waals surface area contributed by atoms with Gasteiger partial charge in [-0.1, -0.05) is 62.3 Å². The second-order valence-electron chi connectivity index (χ2n) is 17.7. The topological polar surface area (TPSA) is 116 Å². The third-order valence-electron chi connectivity index (χ3n) is 10.4. The van der Waals surface area contributed by atoms with Gasteiger partial charge >= 0.3 is 21.6 Å². The molecule has 0 aromatic carbocycles. The van der Waals surface area contributed by atoms with Crippen LogP contribution < -0.4 is 0 Å². The van der Waals surface area contributed by atoms with Crippen molar-refractivity contribution >= 4 is 41.0 Å². The van der Waals surface area contributed by atoms with Crippen LogP contribution in [0.4, 0.5) is 13.2 Å². The van der Waals surface area contributed by atoms with Gasteiger partial charge in [-0.3, -0.25) is 4.18 Å². The first-order chi connectivity index (χ1) is 20.5. The predicted octanol–water partition coefficient (Wildman–Crippen LogP) is 7.47. The summed E-state index contributed by atoms with van der Waals surface area (Å²) >= 11 is 0. The van der Waals surface area contributed by atoms with E-state index in [0.717, 1.165) is 0 Å². The number of carbonyl (C=O) groups is 1. The van der Waals surface area contributed by atoms with Gasteiger partial charge in [-0.2, -0.15) is 21.6 Å². The van der Waals surface area contributed by atoms with Crippen LogP contribution >= 0.6 is 0 Å². The highest BCUT2D eigenvalue weighted by atomic mass is 32.2. The second kappa shape index (κ2) is 13.3. The molecule has 2 fully saturated rings. The first kappa shape index (κ1) is 42.8. The van der Waals surface area contributed by atoms with Crippen LogP contribution in [0.5, 0.6) is 0 Å². The summed E-state index contributed by atoms with van der Waals surface area (Å²) in [7, 11) is -14.0. The van der Waals surface area contributed by atoms with Crippen molar-refractivity contribution in [3.05, 3.63) is 0 Å². The van der Waals surface area contributed by atoms with Gasteiger partial charge in [-0.25, -0.2) is 4.79 Å². The summed E-state index contributed by atoms with van der Waals surface area (Å²) in [6.07, 6.45) is -8.01. The van der Waals surface area contributed by atoms with Gasteiger partial charge in [0.2, 0.25) is 0 Å². The Morgan fingerprint density at radius 2 is 1.21 bits per heavy atom. The standard InChI is InChI=1S/C30H59F3O10SSi3/c1-26(2,3)45(12,13)37-18-19(41-44(35,36)30(31,32)33)20-22(40-29(10,11)39-20)21-23(42-46(14,15)27(4,5)6)24(25(34)38-21)43-47(16,17)28(7,8)9/h19-24H,18H2,1-17H3/t19-,20-,21-,22-,23-,24+/m1/s1. The van der Waals surface area contributed by atoms with Crippen LogP contribution in [0.1, 0.15) is 76.2 Å². The first-order valence-corrected chi connectivity index (χ1v) is 26.1. The van der Waals surface area contributed by atoms with E-state index in [4.69, 9.17) is 31.7 Å². The van der Waals surface area contributed by atoms with Crippen LogP contribution in [0.2, 0.25) is 54.4 Å². The van der Waals surface area contributed by atoms with E-state index in [1.165, 1.54) is 13.8 Å². The number of alkyl halides is 3. The molecule has 0 amide bonds. The molecule has 10 nitrogen and oxygen atoms in total. The fourth-order valence-electron chi connectivity index (χ4n) is 4.34. The fraction of sp³-hybridized carbons (Fsp3) is 0.967. The maximum absolute atomic E-state index is 13.7. The van der Waals surface area contributed by atoms with Crippen LogP contribution in [0.3, 0.4) is 0 Å². The quantitative estimate of drug-likeness (QED) is 0.0911. The highest BCUT2D eigenvalue weighted by Gasteiger charge is 2.62. The van der Waals surface area contributed by atoms with Crippen molar-refractivity contribution in [3.63, 3.8) is 0 Å². The largest absolute Gasteiger partial charge is 0.523 e. The van der Waals surface area contributed by atoms with Gasteiger partial charge < -0.3 is 27.5 Å². The third-order valence-corrected chi connectivity index (χ3v) is 24.9. The zero-order valence-corrected chi connectivity index (χ0v) is 35.1. The van der Waals surface area contributed by atoms with Crippen molar-refractivity contribution < 1.29 is 58.1 Å². The molecular weight excluding hydrogens is 694 g/mol. The van der Waals surface area contributed by atoms with Gasteiger partial charge in [-0.15, -0.1) is 0 Å². The van der Waals surface area contributed by atoms with E-state index in [9.17, 15) is 26.4 Å². The third kappa shape index (κ3) is 9.70. The number of cyclic esters (lactones) is 1. The Balaban J connectivity index is 2.71. The molecule has 0 aliphatic carbocycles. The zero-order chi connectivity index (χ0) is 37.2. The van der Waals surface area contributed by atoms with Gasteiger partial charge in [0.1, 0.15) is 24.4 Å². The average molecular weight is 753 g/mol. The number of hydrogen-bond donors (Lipinski definition) is 0. The second-order valence-corrected chi connectivity index (χ2v) is 33.6. The van der Waals surface area contributed by atoms with Crippen LogP contribution in [0, 0.1) is 0 Å². The summed E-state index contributed by atoms with van der Waals surface area (Å²) in [6.45, 7) is 32.2. The Labute approximate surface area is 283 Å². The maximum Gasteiger partial charge on any atom is 0.523 e. The molecule has 278 valence electrons. The molecular formula is C30H59F3O10SSi3. The van der Waals surface area contributed by atoms with E-state index >= 15 is 0 Å². The lowest BCUT2D eigenvalue weighted by atomic mass is 9.98. The first-order valence-electron chi connectivity index (χ1n) is 16.0. The molecule has 6 atom stereocenters. The van der Waals surface area contributed by atoms with Crippen molar-refractivity contribution in [2.45, 2.75) is 178 Å². The molecule has 0 aromatic heterocycles. The minimum Gasteiger partial charge on any atom is -0.455 e. The predicted molar refractivity (Wildman–Crippen MR) is 181 cm³/mol. The van der Waals surface area contributed by atoms with Gasteiger partial charge in [0.05, 0.1) is 6.61 Å². The number of esters is 1. The molecule has 0 radical (unpaired) electrons. The Bertz CT molecular complexity index is 1240. The molecule has 0 bridgehead atoms. The van der Waals surface area contributed by atoms with E-state index in [1.54, 1.807) is 0 Å². The van der Waals surface area contributed by atoms with Crippen LogP contribution in [0.15, 0.2) is 0 Å². The molecule has 2 saturated heterocycles.